The highest BCUT2D eigenvalue weighted by Gasteiger charge is 2.36. The number of nitrogens with one attached hydrogen (secondary N) is 1. The Bertz CT molecular complexity index is 815. The molecule has 3 atom stereocenters. The SMILES string of the molecule is O=C(O)CCC(=O)OC[C@H]1O[C@@H](n2cc(C=CBr)c(=O)[nH]c2=O)C[C@@H]1O. The van der Waals surface area contributed by atoms with Crippen LogP contribution < -0.4 is 11.2 Å². The van der Waals surface area contributed by atoms with Gasteiger partial charge >= 0.3 is 17.6 Å². The van der Waals surface area contributed by atoms with Crippen molar-refractivity contribution in [1.29, 1.82) is 0 Å². The number of esters is 1. The zero-order valence-electron chi connectivity index (χ0n) is 13.5. The Morgan fingerprint density at radius 3 is 2.81 bits per heavy atom. The number of aromatic amines is 1. The summed E-state index contributed by atoms with van der Waals surface area (Å²) in [6, 6.07) is 0. The van der Waals surface area contributed by atoms with Crippen molar-refractivity contribution >= 4 is 33.9 Å². The number of ether oxygens (including phenoxy) is 2. The van der Waals surface area contributed by atoms with Crippen LogP contribution in [0.4, 0.5) is 0 Å². The number of aromatic nitrogens is 2. The van der Waals surface area contributed by atoms with Crippen LogP contribution >= 0.6 is 15.9 Å². The van der Waals surface area contributed by atoms with E-state index in [0.29, 0.717) is 0 Å². The molecule has 1 saturated heterocycles. The van der Waals surface area contributed by atoms with Crippen LogP contribution in [0.5, 0.6) is 0 Å². The molecule has 1 aromatic rings. The molecule has 0 radical (unpaired) electrons. The van der Waals surface area contributed by atoms with Crippen LogP contribution in [0.25, 0.3) is 6.08 Å². The first-order valence-corrected chi connectivity index (χ1v) is 8.56. The lowest BCUT2D eigenvalue weighted by atomic mass is 10.2. The second kappa shape index (κ2) is 8.92. The average Bonchev–Trinajstić information content (AvgIpc) is 2.94. The third-order valence-corrected chi connectivity index (χ3v) is 3.97. The molecule has 0 aromatic carbocycles. The summed E-state index contributed by atoms with van der Waals surface area (Å²) in [5.41, 5.74) is -1.05. The molecule has 0 unspecified atom stereocenters. The molecule has 0 saturated carbocycles. The Morgan fingerprint density at radius 2 is 2.15 bits per heavy atom. The van der Waals surface area contributed by atoms with E-state index >= 15 is 0 Å². The lowest BCUT2D eigenvalue weighted by molar-refractivity contribution is -0.152. The van der Waals surface area contributed by atoms with Crippen molar-refractivity contribution in [3.63, 3.8) is 0 Å². The highest BCUT2D eigenvalue weighted by molar-refractivity contribution is 9.11. The highest BCUT2D eigenvalue weighted by Crippen LogP contribution is 2.28. The second-order valence-electron chi connectivity index (χ2n) is 5.55. The molecular weight excluding hydrogens is 416 g/mol. The second-order valence-corrected chi connectivity index (χ2v) is 6.08. The standard InChI is InChI=1S/C15H17BrN2O8/c16-4-3-8-6-18(15(24)17-14(8)23)11-5-9(19)10(26-11)7-25-13(22)2-1-12(20)21/h3-4,6,9-11,19H,1-2,5,7H2,(H,20,21)(H,17,23,24)/t9-,10+,11+/m0/s1. The minimum Gasteiger partial charge on any atom is -0.481 e. The molecule has 0 aliphatic carbocycles. The molecule has 2 heterocycles. The van der Waals surface area contributed by atoms with Gasteiger partial charge in [0, 0.05) is 12.6 Å². The first kappa shape index (κ1) is 20.1. The minimum absolute atomic E-state index is 0.0563. The molecule has 0 spiro atoms. The van der Waals surface area contributed by atoms with Crippen LogP contribution in [0.2, 0.25) is 0 Å². The van der Waals surface area contributed by atoms with Crippen molar-refractivity contribution in [2.45, 2.75) is 37.7 Å². The Kier molecular flexibility index (Phi) is 6.89. The Hall–Kier alpha value is -2.24. The van der Waals surface area contributed by atoms with Gasteiger partial charge in [0.25, 0.3) is 5.56 Å². The Balaban J connectivity index is 2.03. The minimum atomic E-state index is -1.12. The topological polar surface area (TPSA) is 148 Å². The number of carbonyl (C=O) groups excluding carboxylic acids is 1. The van der Waals surface area contributed by atoms with Gasteiger partial charge in [-0.25, -0.2) is 4.79 Å². The quantitative estimate of drug-likeness (QED) is 0.508. The fourth-order valence-corrected chi connectivity index (χ4v) is 2.68. The molecule has 3 N–H and O–H groups in total. The average molecular weight is 433 g/mol. The zero-order chi connectivity index (χ0) is 19.3. The number of aliphatic carboxylic acids is 1. The van der Waals surface area contributed by atoms with Gasteiger partial charge in [-0.1, -0.05) is 15.9 Å². The van der Waals surface area contributed by atoms with Crippen molar-refractivity contribution in [3.8, 4) is 0 Å². The van der Waals surface area contributed by atoms with E-state index in [-0.39, 0.29) is 31.4 Å². The fraction of sp³-hybridized carbons (Fsp3) is 0.467. The number of hydrogen-bond donors (Lipinski definition) is 3. The van der Waals surface area contributed by atoms with E-state index in [9.17, 15) is 24.3 Å². The molecule has 26 heavy (non-hydrogen) atoms. The van der Waals surface area contributed by atoms with Crippen molar-refractivity contribution < 1.29 is 29.3 Å². The number of aliphatic hydroxyl groups excluding tert-OH is 1. The summed E-state index contributed by atoms with van der Waals surface area (Å²) in [7, 11) is 0. The largest absolute Gasteiger partial charge is 0.481 e. The molecular formula is C15H17BrN2O8. The summed E-state index contributed by atoms with van der Waals surface area (Å²) in [6.07, 6.45) is -0.557. The monoisotopic (exact) mass is 432 g/mol. The molecule has 1 aromatic heterocycles. The maximum absolute atomic E-state index is 12.0. The highest BCUT2D eigenvalue weighted by atomic mass is 79.9. The van der Waals surface area contributed by atoms with Gasteiger partial charge in [0.1, 0.15) is 18.9 Å². The zero-order valence-corrected chi connectivity index (χ0v) is 15.0. The lowest BCUT2D eigenvalue weighted by Crippen LogP contribution is -2.33. The molecule has 1 aliphatic rings. The fourth-order valence-electron chi connectivity index (χ4n) is 2.39. The van der Waals surface area contributed by atoms with E-state index in [1.54, 1.807) is 0 Å². The van der Waals surface area contributed by atoms with Crippen molar-refractivity contribution in [2.75, 3.05) is 6.61 Å². The van der Waals surface area contributed by atoms with Crippen LogP contribution in [0.15, 0.2) is 20.8 Å². The number of carbonyl (C=O) groups is 2. The van der Waals surface area contributed by atoms with E-state index in [1.165, 1.54) is 17.3 Å². The third kappa shape index (κ3) is 5.13. The number of aliphatic hydroxyl groups is 1. The first-order valence-electron chi connectivity index (χ1n) is 7.65. The number of carboxylic acids is 1. The maximum atomic E-state index is 12.0. The van der Waals surface area contributed by atoms with Crippen LogP contribution in [-0.4, -0.2) is 50.5 Å². The van der Waals surface area contributed by atoms with Crippen molar-refractivity contribution in [1.82, 2.24) is 9.55 Å². The predicted molar refractivity (Wildman–Crippen MR) is 91.6 cm³/mol. The van der Waals surface area contributed by atoms with Gasteiger partial charge in [-0.05, 0) is 11.1 Å². The smallest absolute Gasteiger partial charge is 0.330 e. The van der Waals surface area contributed by atoms with E-state index < -0.39 is 41.6 Å². The van der Waals surface area contributed by atoms with Gasteiger partial charge in [-0.3, -0.25) is 23.9 Å². The van der Waals surface area contributed by atoms with E-state index in [2.05, 4.69) is 20.9 Å². The van der Waals surface area contributed by atoms with E-state index in [1.807, 2.05) is 0 Å². The molecule has 142 valence electrons. The van der Waals surface area contributed by atoms with Gasteiger partial charge in [0.2, 0.25) is 0 Å². The number of H-pyrrole nitrogens is 1. The Morgan fingerprint density at radius 1 is 1.42 bits per heavy atom. The number of hydrogen-bond acceptors (Lipinski definition) is 7. The predicted octanol–water partition coefficient (Wildman–Crippen LogP) is -0.0414. The summed E-state index contributed by atoms with van der Waals surface area (Å²) >= 11 is 3.04. The number of nitrogens with zero attached hydrogens (tertiary/aromatic N) is 1. The van der Waals surface area contributed by atoms with Crippen LogP contribution in [0.3, 0.4) is 0 Å². The van der Waals surface area contributed by atoms with Crippen molar-refractivity contribution in [3.05, 3.63) is 37.6 Å². The van der Waals surface area contributed by atoms with Crippen molar-refractivity contribution in [2.24, 2.45) is 0 Å². The van der Waals surface area contributed by atoms with Gasteiger partial charge in [0.15, 0.2) is 0 Å². The van der Waals surface area contributed by atoms with Gasteiger partial charge in [0.05, 0.1) is 24.5 Å². The first-order chi connectivity index (χ1) is 12.3. The molecule has 0 amide bonds. The molecule has 1 fully saturated rings. The van der Waals surface area contributed by atoms with Gasteiger partial charge < -0.3 is 19.7 Å². The van der Waals surface area contributed by atoms with Crippen LogP contribution in [-0.2, 0) is 19.1 Å². The molecule has 10 nitrogen and oxygen atoms in total. The third-order valence-electron chi connectivity index (χ3n) is 3.70. The molecule has 2 rings (SSSR count). The lowest BCUT2D eigenvalue weighted by Gasteiger charge is -2.16. The number of carboxylic acid groups (broad SMARTS) is 1. The van der Waals surface area contributed by atoms with E-state index in [0.717, 1.165) is 4.57 Å². The number of halogens is 1. The molecule has 1 aliphatic heterocycles. The summed E-state index contributed by atoms with van der Waals surface area (Å²) in [5.74, 6) is -1.84. The van der Waals surface area contributed by atoms with E-state index in [4.69, 9.17) is 14.6 Å². The van der Waals surface area contributed by atoms with Gasteiger partial charge in [-0.2, -0.15) is 0 Å². The normalized spacial score (nSPS) is 22.6. The summed E-state index contributed by atoms with van der Waals surface area (Å²) in [6.45, 7) is -0.275. The van der Waals surface area contributed by atoms with Gasteiger partial charge in [-0.15, -0.1) is 0 Å². The summed E-state index contributed by atoms with van der Waals surface area (Å²) < 4.78 is 11.6. The molecule has 11 heteroatoms. The Labute approximate surface area is 155 Å². The maximum Gasteiger partial charge on any atom is 0.330 e. The summed E-state index contributed by atoms with van der Waals surface area (Å²) in [4.78, 5) is 49.1. The molecule has 0 bridgehead atoms. The summed E-state index contributed by atoms with van der Waals surface area (Å²) in [5, 5.41) is 18.6. The number of rotatable bonds is 7. The van der Waals surface area contributed by atoms with Crippen LogP contribution in [0.1, 0.15) is 31.1 Å². The van der Waals surface area contributed by atoms with Crippen LogP contribution in [0, 0.1) is 0 Å².